The fourth-order valence-corrected chi connectivity index (χ4v) is 2.22. The summed E-state index contributed by atoms with van der Waals surface area (Å²) in [6.07, 6.45) is 5.96. The highest BCUT2D eigenvalue weighted by molar-refractivity contribution is 5.78. The smallest absolute Gasteiger partial charge is 0.234 e. The van der Waals surface area contributed by atoms with E-state index in [0.29, 0.717) is 12.6 Å². The van der Waals surface area contributed by atoms with Crippen LogP contribution in [0, 0.1) is 5.92 Å². The quantitative estimate of drug-likeness (QED) is 0.681. The summed E-state index contributed by atoms with van der Waals surface area (Å²) in [7, 11) is 0. The Bertz CT molecular complexity index is 194. The van der Waals surface area contributed by atoms with Gasteiger partial charge in [-0.3, -0.25) is 4.79 Å². The molecule has 2 atom stereocenters. The minimum absolute atomic E-state index is 0.155. The maximum atomic E-state index is 11.5. The third kappa shape index (κ3) is 5.17. The van der Waals surface area contributed by atoms with Gasteiger partial charge in [-0.05, 0) is 31.7 Å². The zero-order chi connectivity index (χ0) is 11.1. The third-order valence-electron chi connectivity index (χ3n) is 3.01. The van der Waals surface area contributed by atoms with Crippen molar-refractivity contribution in [2.75, 3.05) is 13.1 Å². The van der Waals surface area contributed by atoms with E-state index in [-0.39, 0.29) is 5.91 Å². The Morgan fingerprint density at radius 1 is 1.40 bits per heavy atom. The second-order valence-corrected chi connectivity index (χ2v) is 4.71. The van der Waals surface area contributed by atoms with Crippen LogP contribution in [0.3, 0.4) is 0 Å². The molecule has 1 aliphatic carbocycles. The van der Waals surface area contributed by atoms with Gasteiger partial charge in [0.05, 0.1) is 6.54 Å². The number of amides is 1. The van der Waals surface area contributed by atoms with E-state index in [2.05, 4.69) is 24.5 Å². The third-order valence-corrected chi connectivity index (χ3v) is 3.01. The van der Waals surface area contributed by atoms with Gasteiger partial charge in [-0.25, -0.2) is 0 Å². The van der Waals surface area contributed by atoms with Gasteiger partial charge in [0.2, 0.25) is 5.91 Å². The highest BCUT2D eigenvalue weighted by Gasteiger charge is 2.19. The number of carbonyl (C=O) groups is 1. The fraction of sp³-hybridized carbons (Fsp3) is 0.917. The Kier molecular flexibility index (Phi) is 5.69. The molecule has 0 radical (unpaired) electrons. The van der Waals surface area contributed by atoms with Gasteiger partial charge in [0.25, 0.3) is 0 Å². The van der Waals surface area contributed by atoms with E-state index in [1.807, 2.05) is 0 Å². The van der Waals surface area contributed by atoms with E-state index in [9.17, 15) is 4.79 Å². The molecule has 1 fully saturated rings. The van der Waals surface area contributed by atoms with Crippen LogP contribution in [0.15, 0.2) is 0 Å². The lowest BCUT2D eigenvalue weighted by atomic mass is 9.87. The van der Waals surface area contributed by atoms with Gasteiger partial charge in [-0.1, -0.05) is 26.7 Å². The second-order valence-electron chi connectivity index (χ2n) is 4.71. The lowest BCUT2D eigenvalue weighted by Crippen LogP contribution is -2.42. The largest absolute Gasteiger partial charge is 0.352 e. The first kappa shape index (κ1) is 12.5. The van der Waals surface area contributed by atoms with Crippen LogP contribution < -0.4 is 10.6 Å². The molecule has 0 aromatic heterocycles. The van der Waals surface area contributed by atoms with Crippen LogP contribution >= 0.6 is 0 Å². The van der Waals surface area contributed by atoms with Crippen molar-refractivity contribution in [2.45, 2.75) is 52.0 Å². The highest BCUT2D eigenvalue weighted by atomic mass is 16.1. The van der Waals surface area contributed by atoms with Crippen molar-refractivity contribution in [1.82, 2.24) is 10.6 Å². The highest BCUT2D eigenvalue weighted by Crippen LogP contribution is 2.23. The monoisotopic (exact) mass is 212 g/mol. The topological polar surface area (TPSA) is 41.1 Å². The zero-order valence-corrected chi connectivity index (χ0v) is 10.0. The van der Waals surface area contributed by atoms with Gasteiger partial charge < -0.3 is 10.6 Å². The number of hydrogen-bond donors (Lipinski definition) is 2. The minimum Gasteiger partial charge on any atom is -0.352 e. The zero-order valence-electron chi connectivity index (χ0n) is 10.0. The molecule has 0 aliphatic heterocycles. The van der Waals surface area contributed by atoms with Crippen molar-refractivity contribution >= 4 is 5.91 Å². The summed E-state index contributed by atoms with van der Waals surface area (Å²) in [6, 6.07) is 0.421. The first-order valence-electron chi connectivity index (χ1n) is 6.22. The molecule has 1 amide bonds. The van der Waals surface area contributed by atoms with Crippen molar-refractivity contribution in [3.05, 3.63) is 0 Å². The summed E-state index contributed by atoms with van der Waals surface area (Å²) in [6.45, 7) is 5.77. The van der Waals surface area contributed by atoms with Crippen molar-refractivity contribution in [3.63, 3.8) is 0 Å². The normalized spacial score (nSPS) is 26.3. The Morgan fingerprint density at radius 2 is 2.20 bits per heavy atom. The summed E-state index contributed by atoms with van der Waals surface area (Å²) >= 11 is 0. The Labute approximate surface area is 93.0 Å². The van der Waals surface area contributed by atoms with E-state index in [4.69, 9.17) is 0 Å². The fourth-order valence-electron chi connectivity index (χ4n) is 2.22. The summed E-state index contributed by atoms with van der Waals surface area (Å²) in [5.74, 6) is 0.926. The molecule has 1 rings (SSSR count). The van der Waals surface area contributed by atoms with E-state index in [0.717, 1.165) is 31.7 Å². The van der Waals surface area contributed by atoms with Crippen LogP contribution in [0.5, 0.6) is 0 Å². The van der Waals surface area contributed by atoms with E-state index < -0.39 is 0 Å². The molecule has 88 valence electrons. The molecule has 1 saturated carbocycles. The van der Waals surface area contributed by atoms with Gasteiger partial charge in [-0.2, -0.15) is 0 Å². The van der Waals surface area contributed by atoms with Gasteiger partial charge in [-0.15, -0.1) is 0 Å². The lowest BCUT2D eigenvalue weighted by molar-refractivity contribution is -0.121. The first-order valence-corrected chi connectivity index (χ1v) is 6.22. The molecule has 15 heavy (non-hydrogen) atoms. The van der Waals surface area contributed by atoms with Gasteiger partial charge in [0.1, 0.15) is 0 Å². The molecule has 0 aromatic rings. The predicted molar refractivity (Wildman–Crippen MR) is 62.7 cm³/mol. The van der Waals surface area contributed by atoms with E-state index in [1.54, 1.807) is 0 Å². The van der Waals surface area contributed by atoms with Crippen LogP contribution in [0.4, 0.5) is 0 Å². The van der Waals surface area contributed by atoms with Gasteiger partial charge in [0.15, 0.2) is 0 Å². The molecule has 0 saturated heterocycles. The van der Waals surface area contributed by atoms with Crippen molar-refractivity contribution in [2.24, 2.45) is 5.92 Å². The first-order chi connectivity index (χ1) is 7.22. The second kappa shape index (κ2) is 6.83. The Morgan fingerprint density at radius 3 is 2.87 bits per heavy atom. The summed E-state index contributed by atoms with van der Waals surface area (Å²) < 4.78 is 0. The van der Waals surface area contributed by atoms with Crippen LogP contribution in [-0.2, 0) is 4.79 Å². The molecule has 0 heterocycles. The molecule has 0 aromatic carbocycles. The van der Waals surface area contributed by atoms with Crippen molar-refractivity contribution in [3.8, 4) is 0 Å². The average molecular weight is 212 g/mol. The van der Waals surface area contributed by atoms with Crippen LogP contribution in [-0.4, -0.2) is 25.0 Å². The molecule has 2 unspecified atom stereocenters. The molecule has 3 heteroatoms. The number of carbonyl (C=O) groups excluding carboxylic acids is 1. The summed E-state index contributed by atoms with van der Waals surface area (Å²) in [4.78, 5) is 11.5. The summed E-state index contributed by atoms with van der Waals surface area (Å²) in [5, 5.41) is 6.23. The Hall–Kier alpha value is -0.570. The van der Waals surface area contributed by atoms with Crippen molar-refractivity contribution < 1.29 is 4.79 Å². The predicted octanol–water partition coefficient (Wildman–Crippen LogP) is 1.68. The molecule has 1 aliphatic rings. The molecular weight excluding hydrogens is 188 g/mol. The number of rotatable bonds is 5. The standard InChI is InChI=1S/C12H24N2O/c1-3-7-13-9-12(15)14-11-6-4-5-10(2)8-11/h10-11,13H,3-9H2,1-2H3,(H,14,15). The molecule has 3 nitrogen and oxygen atoms in total. The maximum absolute atomic E-state index is 11.5. The van der Waals surface area contributed by atoms with Crippen LogP contribution in [0.1, 0.15) is 46.0 Å². The summed E-state index contributed by atoms with van der Waals surface area (Å²) in [5.41, 5.74) is 0. The van der Waals surface area contributed by atoms with E-state index >= 15 is 0 Å². The van der Waals surface area contributed by atoms with Crippen LogP contribution in [0.2, 0.25) is 0 Å². The van der Waals surface area contributed by atoms with E-state index in [1.165, 1.54) is 12.8 Å². The maximum Gasteiger partial charge on any atom is 0.234 e. The van der Waals surface area contributed by atoms with Crippen LogP contribution in [0.25, 0.3) is 0 Å². The lowest BCUT2D eigenvalue weighted by Gasteiger charge is -2.27. The van der Waals surface area contributed by atoms with Crippen molar-refractivity contribution in [1.29, 1.82) is 0 Å². The molecular formula is C12H24N2O. The number of hydrogen-bond acceptors (Lipinski definition) is 2. The molecule has 2 N–H and O–H groups in total. The number of nitrogens with one attached hydrogen (secondary N) is 2. The van der Waals surface area contributed by atoms with Gasteiger partial charge >= 0.3 is 0 Å². The molecule has 0 bridgehead atoms. The molecule has 0 spiro atoms. The minimum atomic E-state index is 0.155. The van der Waals surface area contributed by atoms with Gasteiger partial charge in [0, 0.05) is 6.04 Å². The average Bonchev–Trinajstić information content (AvgIpc) is 2.18. The SMILES string of the molecule is CCCNCC(=O)NC1CCCC(C)C1. The Balaban J connectivity index is 2.13.